The predicted molar refractivity (Wildman–Crippen MR) is 82.0 cm³/mol. The van der Waals surface area contributed by atoms with Gasteiger partial charge in [0.2, 0.25) is 10.0 Å². The van der Waals surface area contributed by atoms with E-state index in [1.54, 1.807) is 12.1 Å². The second-order valence-corrected chi connectivity index (χ2v) is 7.38. The van der Waals surface area contributed by atoms with Crippen LogP contribution in [0.5, 0.6) is 0 Å². The second-order valence-electron chi connectivity index (χ2n) is 5.61. The Bertz CT molecular complexity index is 548. The molecule has 1 saturated carbocycles. The summed E-state index contributed by atoms with van der Waals surface area (Å²) in [6.45, 7) is 6.32. The van der Waals surface area contributed by atoms with E-state index in [0.29, 0.717) is 23.3 Å². The first kappa shape index (κ1) is 15.3. The lowest BCUT2D eigenvalue weighted by molar-refractivity contribution is 0.285. The zero-order chi connectivity index (χ0) is 14.6. The molecule has 4 heteroatoms. The lowest BCUT2D eigenvalue weighted by Crippen LogP contribution is -2.33. The molecular weight excluding hydrogens is 270 g/mol. The molecule has 1 N–H and O–H groups in total. The lowest BCUT2D eigenvalue weighted by atomic mass is 9.79. The van der Waals surface area contributed by atoms with Crippen LogP contribution in [0.3, 0.4) is 0 Å². The van der Waals surface area contributed by atoms with Gasteiger partial charge in [-0.2, -0.15) is 0 Å². The lowest BCUT2D eigenvalue weighted by Gasteiger charge is -2.29. The Balaban J connectivity index is 2.01. The van der Waals surface area contributed by atoms with Crippen LogP contribution in [0.1, 0.15) is 31.2 Å². The number of hydrogen-bond donors (Lipinski definition) is 1. The summed E-state index contributed by atoms with van der Waals surface area (Å²) < 4.78 is 27.2. The minimum Gasteiger partial charge on any atom is -0.211 e. The quantitative estimate of drug-likeness (QED) is 0.847. The van der Waals surface area contributed by atoms with Crippen molar-refractivity contribution in [2.45, 2.75) is 37.5 Å². The molecular formula is C16H23NO2S. The van der Waals surface area contributed by atoms with Crippen LogP contribution in [0.25, 0.3) is 0 Å². The predicted octanol–water partition coefficient (Wildman–Crippen LogP) is 3.27. The van der Waals surface area contributed by atoms with Gasteiger partial charge >= 0.3 is 0 Å². The van der Waals surface area contributed by atoms with Crippen LogP contribution in [0.15, 0.2) is 41.8 Å². The molecule has 1 fully saturated rings. The largest absolute Gasteiger partial charge is 0.240 e. The molecule has 0 radical (unpaired) electrons. The average Bonchev–Trinajstić information content (AvgIpc) is 2.46. The third-order valence-corrected chi connectivity index (χ3v) is 5.58. The van der Waals surface area contributed by atoms with Gasteiger partial charge in [0, 0.05) is 6.54 Å². The van der Waals surface area contributed by atoms with Crippen LogP contribution >= 0.6 is 0 Å². The SMILES string of the molecule is C=C[C@@H]1CCCC[C@H]1CNS(=O)(=O)c1ccc(C)cc1. The zero-order valence-corrected chi connectivity index (χ0v) is 12.8. The van der Waals surface area contributed by atoms with Crippen molar-refractivity contribution in [3.05, 3.63) is 42.5 Å². The van der Waals surface area contributed by atoms with E-state index in [1.807, 2.05) is 25.1 Å². The number of nitrogens with one attached hydrogen (secondary N) is 1. The highest BCUT2D eigenvalue weighted by Gasteiger charge is 2.24. The molecule has 20 heavy (non-hydrogen) atoms. The Morgan fingerprint density at radius 1 is 1.25 bits per heavy atom. The van der Waals surface area contributed by atoms with E-state index in [1.165, 1.54) is 12.8 Å². The standard InChI is InChI=1S/C16H23NO2S/c1-3-14-6-4-5-7-15(14)12-17-20(18,19)16-10-8-13(2)9-11-16/h3,8-11,14-15,17H,1,4-7,12H2,2H3/t14-,15+/m1/s1. The van der Waals surface area contributed by atoms with E-state index >= 15 is 0 Å². The molecule has 0 unspecified atom stereocenters. The summed E-state index contributed by atoms with van der Waals surface area (Å²) in [5.41, 5.74) is 1.06. The molecule has 0 aliphatic heterocycles. The van der Waals surface area contributed by atoms with Crippen molar-refractivity contribution >= 4 is 10.0 Å². The number of aryl methyl sites for hydroxylation is 1. The first-order valence-corrected chi connectivity index (χ1v) is 8.70. The summed E-state index contributed by atoms with van der Waals surface area (Å²) in [6, 6.07) is 6.95. The Morgan fingerprint density at radius 3 is 2.55 bits per heavy atom. The Hall–Kier alpha value is -1.13. The van der Waals surface area contributed by atoms with Crippen LogP contribution in [0.2, 0.25) is 0 Å². The number of hydrogen-bond acceptors (Lipinski definition) is 2. The maximum absolute atomic E-state index is 12.2. The van der Waals surface area contributed by atoms with Gasteiger partial charge < -0.3 is 0 Å². The molecule has 0 spiro atoms. The van der Waals surface area contributed by atoms with Crippen LogP contribution in [-0.2, 0) is 10.0 Å². The van der Waals surface area contributed by atoms with E-state index in [4.69, 9.17) is 0 Å². The average molecular weight is 293 g/mol. The van der Waals surface area contributed by atoms with Gasteiger partial charge in [0.1, 0.15) is 0 Å². The topological polar surface area (TPSA) is 46.2 Å². The van der Waals surface area contributed by atoms with E-state index in [9.17, 15) is 8.42 Å². The van der Waals surface area contributed by atoms with Gasteiger partial charge in [-0.1, -0.05) is 36.6 Å². The molecule has 1 aromatic rings. The highest BCUT2D eigenvalue weighted by molar-refractivity contribution is 7.89. The molecule has 0 heterocycles. The first-order chi connectivity index (χ1) is 9.53. The number of rotatable bonds is 5. The molecule has 1 aliphatic carbocycles. The van der Waals surface area contributed by atoms with Crippen molar-refractivity contribution in [2.75, 3.05) is 6.54 Å². The van der Waals surface area contributed by atoms with Gasteiger partial charge in [-0.15, -0.1) is 6.58 Å². The van der Waals surface area contributed by atoms with Crippen molar-refractivity contribution in [1.82, 2.24) is 4.72 Å². The van der Waals surface area contributed by atoms with Crippen molar-refractivity contribution in [1.29, 1.82) is 0 Å². The fourth-order valence-electron chi connectivity index (χ4n) is 2.82. The second kappa shape index (κ2) is 6.55. The van der Waals surface area contributed by atoms with Crippen molar-refractivity contribution in [3.63, 3.8) is 0 Å². The number of benzene rings is 1. The molecule has 110 valence electrons. The molecule has 0 bridgehead atoms. The van der Waals surface area contributed by atoms with Gasteiger partial charge in [0.05, 0.1) is 4.90 Å². The highest BCUT2D eigenvalue weighted by atomic mass is 32.2. The summed E-state index contributed by atoms with van der Waals surface area (Å²) in [4.78, 5) is 0.342. The molecule has 1 aromatic carbocycles. The van der Waals surface area contributed by atoms with E-state index < -0.39 is 10.0 Å². The molecule has 2 rings (SSSR count). The third kappa shape index (κ3) is 3.70. The molecule has 1 aliphatic rings. The third-order valence-electron chi connectivity index (χ3n) is 4.14. The van der Waals surface area contributed by atoms with E-state index in [2.05, 4.69) is 11.3 Å². The molecule has 0 saturated heterocycles. The van der Waals surface area contributed by atoms with Crippen LogP contribution in [0.4, 0.5) is 0 Å². The number of allylic oxidation sites excluding steroid dienone is 1. The van der Waals surface area contributed by atoms with Crippen LogP contribution in [-0.4, -0.2) is 15.0 Å². The normalized spacial score (nSPS) is 23.4. The minimum absolute atomic E-state index is 0.342. The van der Waals surface area contributed by atoms with Crippen molar-refractivity contribution in [3.8, 4) is 0 Å². The Kier molecular flexibility index (Phi) is 5.00. The smallest absolute Gasteiger partial charge is 0.211 e. The summed E-state index contributed by atoms with van der Waals surface area (Å²) in [5, 5.41) is 0. The van der Waals surface area contributed by atoms with Crippen molar-refractivity contribution < 1.29 is 8.42 Å². The fraction of sp³-hybridized carbons (Fsp3) is 0.500. The fourth-order valence-corrected chi connectivity index (χ4v) is 3.91. The zero-order valence-electron chi connectivity index (χ0n) is 12.0. The Morgan fingerprint density at radius 2 is 1.90 bits per heavy atom. The minimum atomic E-state index is -3.39. The highest BCUT2D eigenvalue weighted by Crippen LogP contribution is 2.30. The molecule has 2 atom stereocenters. The van der Waals surface area contributed by atoms with E-state index in [0.717, 1.165) is 18.4 Å². The van der Waals surface area contributed by atoms with E-state index in [-0.39, 0.29) is 0 Å². The maximum atomic E-state index is 12.2. The molecule has 0 aromatic heterocycles. The summed E-state index contributed by atoms with van der Waals surface area (Å²) in [7, 11) is -3.39. The summed E-state index contributed by atoms with van der Waals surface area (Å²) in [5.74, 6) is 0.811. The van der Waals surface area contributed by atoms with Crippen LogP contribution < -0.4 is 4.72 Å². The van der Waals surface area contributed by atoms with Gasteiger partial charge in [-0.25, -0.2) is 13.1 Å². The Labute approximate surface area is 122 Å². The van der Waals surface area contributed by atoms with Crippen molar-refractivity contribution in [2.24, 2.45) is 11.8 Å². The molecule has 3 nitrogen and oxygen atoms in total. The van der Waals surface area contributed by atoms with Gasteiger partial charge in [-0.05, 0) is 43.7 Å². The van der Waals surface area contributed by atoms with Gasteiger partial charge in [-0.3, -0.25) is 0 Å². The van der Waals surface area contributed by atoms with Gasteiger partial charge in [0.25, 0.3) is 0 Å². The summed E-state index contributed by atoms with van der Waals surface area (Å²) >= 11 is 0. The summed E-state index contributed by atoms with van der Waals surface area (Å²) in [6.07, 6.45) is 6.58. The molecule has 0 amide bonds. The maximum Gasteiger partial charge on any atom is 0.240 e. The number of sulfonamides is 1. The monoisotopic (exact) mass is 293 g/mol. The van der Waals surface area contributed by atoms with Gasteiger partial charge in [0.15, 0.2) is 0 Å². The van der Waals surface area contributed by atoms with Crippen LogP contribution in [0, 0.1) is 18.8 Å². The first-order valence-electron chi connectivity index (χ1n) is 7.22.